The number of para-hydroxylation sites is 2. The van der Waals surface area contributed by atoms with Gasteiger partial charge < -0.3 is 14.4 Å². The van der Waals surface area contributed by atoms with Crippen molar-refractivity contribution in [3.63, 3.8) is 0 Å². The minimum absolute atomic E-state index is 0.00426. The van der Waals surface area contributed by atoms with Crippen molar-refractivity contribution in [1.82, 2.24) is 13.7 Å². The van der Waals surface area contributed by atoms with Crippen molar-refractivity contribution >= 4 is 22.5 Å². The molecule has 1 atom stereocenters. The quantitative estimate of drug-likeness (QED) is 0.377. The van der Waals surface area contributed by atoms with Crippen LogP contribution in [-0.2, 0) is 14.1 Å². The molecule has 2 aromatic heterocycles. The molecule has 1 aliphatic rings. The van der Waals surface area contributed by atoms with Gasteiger partial charge in [0.25, 0.3) is 5.56 Å². The highest BCUT2D eigenvalue weighted by atomic mass is 35.5. The van der Waals surface area contributed by atoms with E-state index >= 15 is 0 Å². The van der Waals surface area contributed by atoms with Gasteiger partial charge >= 0.3 is 5.69 Å². The number of aromatic hydroxyl groups is 1. The first kappa shape index (κ1) is 22.2. The van der Waals surface area contributed by atoms with Crippen molar-refractivity contribution in [3.05, 3.63) is 109 Å². The molecule has 6 rings (SSSR count). The number of hydrogen-bond donors (Lipinski definition) is 1. The molecule has 180 valence electrons. The van der Waals surface area contributed by atoms with Gasteiger partial charge in [0.1, 0.15) is 11.5 Å². The zero-order chi connectivity index (χ0) is 25.3. The number of aromatic nitrogens is 3. The first-order valence-electron chi connectivity index (χ1n) is 11.4. The topological polar surface area (TPSA) is 78.4 Å². The molecule has 0 aliphatic carbocycles. The van der Waals surface area contributed by atoms with E-state index in [1.54, 1.807) is 19.2 Å². The number of nitrogens with zero attached hydrogens (tertiary/aromatic N) is 3. The number of benzene rings is 3. The van der Waals surface area contributed by atoms with Crippen molar-refractivity contribution in [2.75, 3.05) is 0 Å². The lowest BCUT2D eigenvalue weighted by Gasteiger charge is -2.30. The molecule has 0 spiro atoms. The number of halogens is 1. The number of phenols is 1. The van der Waals surface area contributed by atoms with Crippen molar-refractivity contribution in [2.45, 2.75) is 13.0 Å². The summed E-state index contributed by atoms with van der Waals surface area (Å²) in [5, 5.41) is 11.6. The average Bonchev–Trinajstić information content (AvgIpc) is 3.24. The maximum absolute atomic E-state index is 13.7. The molecule has 5 aromatic rings. The van der Waals surface area contributed by atoms with Gasteiger partial charge in [-0.3, -0.25) is 13.9 Å². The van der Waals surface area contributed by atoms with E-state index in [0.29, 0.717) is 38.6 Å². The van der Waals surface area contributed by atoms with E-state index < -0.39 is 17.4 Å². The molecule has 0 saturated carbocycles. The Morgan fingerprint density at radius 3 is 2.42 bits per heavy atom. The minimum Gasteiger partial charge on any atom is -0.508 e. The Labute approximate surface area is 211 Å². The molecular weight excluding hydrogens is 478 g/mol. The predicted octanol–water partition coefficient (Wildman–Crippen LogP) is 4.84. The lowest BCUT2D eigenvalue weighted by Crippen LogP contribution is -2.37. The third-order valence-electron chi connectivity index (χ3n) is 6.80. The highest BCUT2D eigenvalue weighted by molar-refractivity contribution is 6.30. The van der Waals surface area contributed by atoms with Gasteiger partial charge in [-0.05, 0) is 42.8 Å². The van der Waals surface area contributed by atoms with Crippen LogP contribution in [0.3, 0.4) is 0 Å². The molecule has 8 heteroatoms. The molecule has 0 radical (unpaired) electrons. The maximum Gasteiger partial charge on any atom is 0.331 e. The molecule has 0 bridgehead atoms. The van der Waals surface area contributed by atoms with Crippen LogP contribution >= 0.6 is 11.6 Å². The third kappa shape index (κ3) is 3.06. The van der Waals surface area contributed by atoms with Crippen LogP contribution in [0.1, 0.15) is 22.9 Å². The second-order valence-corrected chi connectivity index (χ2v) is 9.47. The van der Waals surface area contributed by atoms with E-state index in [4.69, 9.17) is 16.3 Å². The summed E-state index contributed by atoms with van der Waals surface area (Å²) in [5.74, 6) is 0.570. The molecule has 0 amide bonds. The van der Waals surface area contributed by atoms with Gasteiger partial charge in [0.2, 0.25) is 0 Å². The summed E-state index contributed by atoms with van der Waals surface area (Å²) in [4.78, 5) is 26.8. The summed E-state index contributed by atoms with van der Waals surface area (Å²) < 4.78 is 11.0. The lowest BCUT2D eigenvalue weighted by atomic mass is 10.0. The van der Waals surface area contributed by atoms with Gasteiger partial charge in [0.05, 0.1) is 28.0 Å². The number of ether oxygens (including phenoxy) is 1. The summed E-state index contributed by atoms with van der Waals surface area (Å²) >= 11 is 6.32. The lowest BCUT2D eigenvalue weighted by molar-refractivity contribution is 0.224. The third-order valence-corrected chi connectivity index (χ3v) is 7.04. The van der Waals surface area contributed by atoms with Crippen molar-refractivity contribution < 1.29 is 9.84 Å². The van der Waals surface area contributed by atoms with Crippen LogP contribution in [0.15, 0.2) is 76.3 Å². The average molecular weight is 500 g/mol. The fourth-order valence-electron chi connectivity index (χ4n) is 5.04. The fraction of sp³-hybridized carbons (Fsp3) is 0.143. The van der Waals surface area contributed by atoms with E-state index in [-0.39, 0.29) is 5.75 Å². The van der Waals surface area contributed by atoms with Crippen LogP contribution in [0, 0.1) is 6.92 Å². The molecule has 0 fully saturated rings. The first-order chi connectivity index (χ1) is 17.3. The van der Waals surface area contributed by atoms with E-state index in [1.807, 2.05) is 60.0 Å². The standard InChI is InChI=1S/C28H22ClN3O4/c1-15-8-10-16(11-9-15)23-22-24(30(2)28(35)31(3)27(22)34)25-26(18-14-17(29)12-13-20(18)33)36-21-7-5-4-6-19(21)32(23)25/h4-14,26,33H,1-3H3. The van der Waals surface area contributed by atoms with Gasteiger partial charge in [0, 0.05) is 24.7 Å². The largest absolute Gasteiger partial charge is 0.508 e. The second kappa shape index (κ2) is 7.90. The molecule has 3 heterocycles. The van der Waals surface area contributed by atoms with Crippen LogP contribution in [0.5, 0.6) is 11.5 Å². The number of hydrogen-bond acceptors (Lipinski definition) is 4. The molecule has 0 saturated heterocycles. The zero-order valence-corrected chi connectivity index (χ0v) is 20.6. The Morgan fingerprint density at radius 1 is 0.944 bits per heavy atom. The van der Waals surface area contributed by atoms with Gasteiger partial charge in [-0.15, -0.1) is 0 Å². The van der Waals surface area contributed by atoms with Gasteiger partial charge in [-0.1, -0.05) is 53.6 Å². The normalized spacial score (nSPS) is 14.4. The highest BCUT2D eigenvalue weighted by Crippen LogP contribution is 2.48. The molecule has 1 N–H and O–H groups in total. The summed E-state index contributed by atoms with van der Waals surface area (Å²) in [7, 11) is 3.11. The molecule has 1 aliphatic heterocycles. The molecule has 3 aromatic carbocycles. The molecule has 36 heavy (non-hydrogen) atoms. The molecular formula is C28H22ClN3O4. The number of rotatable bonds is 2. The Balaban J connectivity index is 1.87. The molecule has 1 unspecified atom stereocenters. The van der Waals surface area contributed by atoms with Crippen LogP contribution < -0.4 is 16.0 Å². The fourth-order valence-corrected chi connectivity index (χ4v) is 5.22. The summed E-state index contributed by atoms with van der Waals surface area (Å²) in [6, 6.07) is 20.2. The van der Waals surface area contributed by atoms with E-state index in [0.717, 1.165) is 21.4 Å². The number of fused-ring (bicyclic) bond motifs is 5. The SMILES string of the molecule is Cc1ccc(-c2c3c(=O)n(C)c(=O)n(C)c3c3n2-c2ccccc2OC3c2cc(Cl)ccc2O)cc1. The van der Waals surface area contributed by atoms with Crippen molar-refractivity contribution in [1.29, 1.82) is 0 Å². The smallest absolute Gasteiger partial charge is 0.331 e. The Kier molecular flexibility index (Phi) is 4.88. The number of aryl methyl sites for hydroxylation is 2. The first-order valence-corrected chi connectivity index (χ1v) is 11.8. The van der Waals surface area contributed by atoms with E-state index in [2.05, 4.69) is 0 Å². The summed E-state index contributed by atoms with van der Waals surface area (Å²) in [6.07, 6.45) is -0.835. The van der Waals surface area contributed by atoms with Crippen LogP contribution in [-0.4, -0.2) is 18.8 Å². The van der Waals surface area contributed by atoms with Gasteiger partial charge in [-0.2, -0.15) is 0 Å². The Hall–Kier alpha value is -4.23. The predicted molar refractivity (Wildman–Crippen MR) is 140 cm³/mol. The van der Waals surface area contributed by atoms with Crippen LogP contribution in [0.4, 0.5) is 0 Å². The monoisotopic (exact) mass is 499 g/mol. The summed E-state index contributed by atoms with van der Waals surface area (Å²) in [6.45, 7) is 2.00. The maximum atomic E-state index is 13.7. The number of phenolic OH excluding ortho intramolecular Hbond substituents is 1. The molecule has 7 nitrogen and oxygen atoms in total. The van der Waals surface area contributed by atoms with Crippen LogP contribution in [0.2, 0.25) is 5.02 Å². The van der Waals surface area contributed by atoms with E-state index in [9.17, 15) is 14.7 Å². The minimum atomic E-state index is -0.835. The van der Waals surface area contributed by atoms with Crippen molar-refractivity contribution in [3.8, 4) is 28.4 Å². The second-order valence-electron chi connectivity index (χ2n) is 9.03. The zero-order valence-electron chi connectivity index (χ0n) is 19.8. The Bertz CT molecular complexity index is 1810. The Morgan fingerprint density at radius 2 is 1.67 bits per heavy atom. The van der Waals surface area contributed by atoms with Crippen molar-refractivity contribution in [2.24, 2.45) is 14.1 Å². The van der Waals surface area contributed by atoms with Crippen LogP contribution in [0.25, 0.3) is 27.8 Å². The van der Waals surface area contributed by atoms with E-state index in [1.165, 1.54) is 17.7 Å². The highest BCUT2D eigenvalue weighted by Gasteiger charge is 2.37. The van der Waals surface area contributed by atoms with Gasteiger partial charge in [0.15, 0.2) is 6.10 Å². The van der Waals surface area contributed by atoms with Gasteiger partial charge in [-0.25, -0.2) is 4.79 Å². The summed E-state index contributed by atoms with van der Waals surface area (Å²) in [5.41, 5.74) is 3.86.